The Balaban J connectivity index is 2.37. The molecule has 20 heavy (non-hydrogen) atoms. The van der Waals surface area contributed by atoms with Crippen molar-refractivity contribution in [3.8, 4) is 11.5 Å². The van der Waals surface area contributed by atoms with E-state index in [4.69, 9.17) is 9.47 Å². The van der Waals surface area contributed by atoms with Crippen molar-refractivity contribution in [3.63, 3.8) is 0 Å². The topological polar surface area (TPSA) is 55.8 Å². The zero-order chi connectivity index (χ0) is 14.5. The molecule has 2 rings (SSSR count). The van der Waals surface area contributed by atoms with E-state index in [1.807, 2.05) is 0 Å². The Morgan fingerprint density at radius 3 is 2.85 bits per heavy atom. The Morgan fingerprint density at radius 1 is 1.40 bits per heavy atom. The summed E-state index contributed by atoms with van der Waals surface area (Å²) in [4.78, 5) is 24.7. The molecule has 0 atom stereocenters. The fourth-order valence-electron chi connectivity index (χ4n) is 2.28. The number of nitrogens with zero attached hydrogens (tertiary/aromatic N) is 1. The van der Waals surface area contributed by atoms with E-state index in [0.717, 1.165) is 25.5 Å². The molecule has 5 heteroatoms. The second kappa shape index (κ2) is 6.41. The minimum Gasteiger partial charge on any atom is -0.493 e. The lowest BCUT2D eigenvalue weighted by Gasteiger charge is -2.30. The average molecular weight is 277 g/mol. The SMILES string of the molecule is CCCCCN1C(=O)COc2c(OC)cc(C=O)cc21. The van der Waals surface area contributed by atoms with Crippen molar-refractivity contribution in [1.82, 2.24) is 0 Å². The first-order valence-corrected chi connectivity index (χ1v) is 6.81. The number of unbranched alkanes of at least 4 members (excludes halogenated alkanes) is 2. The monoisotopic (exact) mass is 277 g/mol. The molecule has 0 radical (unpaired) electrons. The quantitative estimate of drug-likeness (QED) is 0.592. The normalized spacial score (nSPS) is 13.7. The number of rotatable bonds is 6. The van der Waals surface area contributed by atoms with Gasteiger partial charge in [0.25, 0.3) is 5.91 Å². The van der Waals surface area contributed by atoms with Crippen molar-refractivity contribution in [2.45, 2.75) is 26.2 Å². The molecule has 108 valence electrons. The van der Waals surface area contributed by atoms with Gasteiger partial charge < -0.3 is 14.4 Å². The third kappa shape index (κ3) is 2.76. The number of hydrogen-bond donors (Lipinski definition) is 0. The minimum atomic E-state index is -0.0845. The predicted octanol–water partition coefficient (Wildman–Crippen LogP) is 2.42. The average Bonchev–Trinajstić information content (AvgIpc) is 2.48. The van der Waals surface area contributed by atoms with Gasteiger partial charge >= 0.3 is 0 Å². The number of ether oxygens (including phenoxy) is 2. The molecule has 0 saturated carbocycles. The summed E-state index contributed by atoms with van der Waals surface area (Å²) in [7, 11) is 1.52. The highest BCUT2D eigenvalue weighted by Gasteiger charge is 2.28. The Hall–Kier alpha value is -2.04. The summed E-state index contributed by atoms with van der Waals surface area (Å²) in [5, 5.41) is 0. The van der Waals surface area contributed by atoms with Gasteiger partial charge in [0.05, 0.1) is 12.8 Å². The Kier molecular flexibility index (Phi) is 4.61. The summed E-state index contributed by atoms with van der Waals surface area (Å²) in [5.41, 5.74) is 1.10. The van der Waals surface area contributed by atoms with E-state index >= 15 is 0 Å². The smallest absolute Gasteiger partial charge is 0.265 e. The number of aldehydes is 1. The third-order valence-corrected chi connectivity index (χ3v) is 3.33. The van der Waals surface area contributed by atoms with Crippen LogP contribution in [0.15, 0.2) is 12.1 Å². The highest BCUT2D eigenvalue weighted by molar-refractivity contribution is 5.99. The highest BCUT2D eigenvalue weighted by Crippen LogP contribution is 2.41. The maximum atomic E-state index is 12.0. The van der Waals surface area contributed by atoms with Crippen LogP contribution >= 0.6 is 0 Å². The lowest BCUT2D eigenvalue weighted by Crippen LogP contribution is -2.39. The standard InChI is InChI=1S/C15H19NO4/c1-3-4-5-6-16-12-7-11(9-17)8-13(19-2)15(12)20-10-14(16)18/h7-9H,3-6,10H2,1-2H3. The first kappa shape index (κ1) is 14.4. The summed E-state index contributed by atoms with van der Waals surface area (Å²) in [6.07, 6.45) is 3.81. The molecular weight excluding hydrogens is 258 g/mol. The fraction of sp³-hybridized carbons (Fsp3) is 0.467. The minimum absolute atomic E-state index is 0.00984. The summed E-state index contributed by atoms with van der Waals surface area (Å²) in [6.45, 7) is 2.76. The molecular formula is C15H19NO4. The van der Waals surface area contributed by atoms with Gasteiger partial charge in [-0.15, -0.1) is 0 Å². The number of hydrogen-bond acceptors (Lipinski definition) is 4. The third-order valence-electron chi connectivity index (χ3n) is 3.33. The predicted molar refractivity (Wildman–Crippen MR) is 75.8 cm³/mol. The summed E-state index contributed by atoms with van der Waals surface area (Å²) < 4.78 is 10.7. The molecule has 1 heterocycles. The highest BCUT2D eigenvalue weighted by atomic mass is 16.5. The molecule has 1 aliphatic heterocycles. The van der Waals surface area contributed by atoms with Crippen molar-refractivity contribution in [1.29, 1.82) is 0 Å². The molecule has 0 bridgehead atoms. The molecule has 1 aliphatic rings. The van der Waals surface area contributed by atoms with Crippen molar-refractivity contribution >= 4 is 17.9 Å². The van der Waals surface area contributed by atoms with E-state index in [0.29, 0.717) is 29.3 Å². The van der Waals surface area contributed by atoms with Gasteiger partial charge in [0.15, 0.2) is 18.1 Å². The summed E-state index contributed by atoms with van der Waals surface area (Å²) in [6, 6.07) is 3.29. The Morgan fingerprint density at radius 2 is 2.20 bits per heavy atom. The van der Waals surface area contributed by atoms with Crippen LogP contribution in [0.5, 0.6) is 11.5 Å². The number of methoxy groups -OCH3 is 1. The number of fused-ring (bicyclic) bond motifs is 1. The van der Waals surface area contributed by atoms with Gasteiger partial charge in [-0.1, -0.05) is 19.8 Å². The van der Waals surface area contributed by atoms with Gasteiger partial charge in [0, 0.05) is 12.1 Å². The van der Waals surface area contributed by atoms with Crippen LogP contribution < -0.4 is 14.4 Å². The van der Waals surface area contributed by atoms with Crippen LogP contribution in [0.25, 0.3) is 0 Å². The van der Waals surface area contributed by atoms with E-state index < -0.39 is 0 Å². The number of benzene rings is 1. The summed E-state index contributed by atoms with van der Waals surface area (Å²) >= 11 is 0. The first-order valence-electron chi connectivity index (χ1n) is 6.81. The molecule has 0 unspecified atom stereocenters. The van der Waals surface area contributed by atoms with Crippen LogP contribution in [0, 0.1) is 0 Å². The zero-order valence-corrected chi connectivity index (χ0v) is 11.8. The molecule has 1 aromatic carbocycles. The van der Waals surface area contributed by atoms with Crippen LogP contribution in [-0.4, -0.2) is 32.5 Å². The van der Waals surface area contributed by atoms with Crippen LogP contribution in [0.3, 0.4) is 0 Å². The maximum absolute atomic E-state index is 12.0. The molecule has 0 spiro atoms. The van der Waals surface area contributed by atoms with Crippen molar-refractivity contribution in [2.75, 3.05) is 25.2 Å². The molecule has 5 nitrogen and oxygen atoms in total. The summed E-state index contributed by atoms with van der Waals surface area (Å²) in [5.74, 6) is 0.936. The molecule has 1 amide bonds. The van der Waals surface area contributed by atoms with Gasteiger partial charge in [-0.3, -0.25) is 9.59 Å². The number of anilines is 1. The van der Waals surface area contributed by atoms with Gasteiger partial charge in [-0.05, 0) is 18.6 Å². The second-order valence-electron chi connectivity index (χ2n) is 4.73. The maximum Gasteiger partial charge on any atom is 0.265 e. The largest absolute Gasteiger partial charge is 0.493 e. The van der Waals surface area contributed by atoms with E-state index in [1.165, 1.54) is 7.11 Å². The molecule has 0 aliphatic carbocycles. The Labute approximate surface area is 118 Å². The van der Waals surface area contributed by atoms with Gasteiger partial charge in [-0.25, -0.2) is 0 Å². The zero-order valence-electron chi connectivity index (χ0n) is 11.8. The van der Waals surface area contributed by atoms with Crippen LogP contribution in [0.4, 0.5) is 5.69 Å². The van der Waals surface area contributed by atoms with E-state index in [1.54, 1.807) is 17.0 Å². The number of carbonyl (C=O) groups is 2. The van der Waals surface area contributed by atoms with Crippen LogP contribution in [-0.2, 0) is 4.79 Å². The van der Waals surface area contributed by atoms with Crippen LogP contribution in [0.2, 0.25) is 0 Å². The van der Waals surface area contributed by atoms with Gasteiger partial charge in [-0.2, -0.15) is 0 Å². The first-order chi connectivity index (χ1) is 9.71. The Bertz CT molecular complexity index is 513. The number of carbonyl (C=O) groups excluding carboxylic acids is 2. The number of amides is 1. The lowest BCUT2D eigenvalue weighted by atomic mass is 10.1. The van der Waals surface area contributed by atoms with E-state index in [9.17, 15) is 9.59 Å². The lowest BCUT2D eigenvalue weighted by molar-refractivity contribution is -0.121. The molecule has 0 N–H and O–H groups in total. The molecule has 0 saturated heterocycles. The van der Waals surface area contributed by atoms with Gasteiger partial charge in [0.1, 0.15) is 6.29 Å². The molecule has 0 aromatic heterocycles. The van der Waals surface area contributed by atoms with Crippen molar-refractivity contribution < 1.29 is 19.1 Å². The fourth-order valence-corrected chi connectivity index (χ4v) is 2.28. The second-order valence-corrected chi connectivity index (χ2v) is 4.73. The van der Waals surface area contributed by atoms with Crippen molar-refractivity contribution in [2.24, 2.45) is 0 Å². The molecule has 1 aromatic rings. The van der Waals surface area contributed by atoms with Gasteiger partial charge in [0.2, 0.25) is 0 Å². The van der Waals surface area contributed by atoms with Crippen molar-refractivity contribution in [3.05, 3.63) is 17.7 Å². The van der Waals surface area contributed by atoms with E-state index in [-0.39, 0.29) is 12.5 Å². The van der Waals surface area contributed by atoms with Crippen LogP contribution in [0.1, 0.15) is 36.5 Å². The molecule has 0 fully saturated rings. The van der Waals surface area contributed by atoms with E-state index in [2.05, 4.69) is 6.92 Å².